The number of hydrogen-bond donors (Lipinski definition) is 1. The van der Waals surface area contributed by atoms with E-state index in [1.807, 2.05) is 0 Å². The first-order chi connectivity index (χ1) is 7.54. The van der Waals surface area contributed by atoms with Gasteiger partial charge < -0.3 is 5.32 Å². The van der Waals surface area contributed by atoms with Crippen LogP contribution in [0.5, 0.6) is 0 Å². The maximum atomic E-state index is 12.6. The normalized spacial score (nSPS) is 27.9. The lowest BCUT2D eigenvalue weighted by Gasteiger charge is -2.42. The molecule has 0 aliphatic carbocycles. The summed E-state index contributed by atoms with van der Waals surface area (Å²) in [4.78, 5) is 2.33. The third-order valence-electron chi connectivity index (χ3n) is 3.48. The highest BCUT2D eigenvalue weighted by Gasteiger charge is 2.29. The van der Waals surface area contributed by atoms with Gasteiger partial charge >= 0.3 is 0 Å². The van der Waals surface area contributed by atoms with Gasteiger partial charge in [-0.05, 0) is 18.3 Å². The molecule has 2 nitrogen and oxygen atoms in total. The van der Waals surface area contributed by atoms with Crippen LogP contribution in [0.15, 0.2) is 0 Å². The predicted molar refractivity (Wildman–Crippen MR) is 67.4 cm³/mol. The molecule has 1 N–H and O–H groups in total. The van der Waals surface area contributed by atoms with Crippen LogP contribution in [0.2, 0.25) is 0 Å². The van der Waals surface area contributed by atoms with Crippen LogP contribution in [0.1, 0.15) is 34.1 Å². The fourth-order valence-electron chi connectivity index (χ4n) is 2.49. The van der Waals surface area contributed by atoms with Crippen LogP contribution >= 0.6 is 0 Å². The summed E-state index contributed by atoms with van der Waals surface area (Å²) in [5.74, 6) is 1.31. The lowest BCUT2D eigenvalue weighted by molar-refractivity contribution is 0.0927. The third kappa shape index (κ3) is 4.02. The molecule has 0 saturated carbocycles. The van der Waals surface area contributed by atoms with Gasteiger partial charge in [0.05, 0.1) is 0 Å². The van der Waals surface area contributed by atoms with E-state index in [0.717, 1.165) is 19.5 Å². The van der Waals surface area contributed by atoms with E-state index in [2.05, 4.69) is 37.9 Å². The van der Waals surface area contributed by atoms with E-state index in [4.69, 9.17) is 0 Å². The zero-order valence-corrected chi connectivity index (χ0v) is 11.2. The highest BCUT2D eigenvalue weighted by atomic mass is 19.1. The summed E-state index contributed by atoms with van der Waals surface area (Å²) in [6.07, 6.45) is 1.16. The summed E-state index contributed by atoms with van der Waals surface area (Å²) < 4.78 is 12.6. The van der Waals surface area contributed by atoms with Crippen molar-refractivity contribution in [1.82, 2.24) is 10.2 Å². The number of alkyl halides is 1. The average Bonchev–Trinajstić information content (AvgIpc) is 2.20. The van der Waals surface area contributed by atoms with Gasteiger partial charge in [0.2, 0.25) is 0 Å². The van der Waals surface area contributed by atoms with Crippen molar-refractivity contribution in [1.29, 1.82) is 0 Å². The second-order valence-corrected chi connectivity index (χ2v) is 5.73. The van der Waals surface area contributed by atoms with Gasteiger partial charge in [0.15, 0.2) is 0 Å². The molecule has 1 aliphatic rings. The van der Waals surface area contributed by atoms with Gasteiger partial charge in [0.25, 0.3) is 0 Å². The number of halogens is 1. The molecule has 16 heavy (non-hydrogen) atoms. The van der Waals surface area contributed by atoms with Crippen LogP contribution in [-0.4, -0.2) is 43.3 Å². The van der Waals surface area contributed by atoms with Crippen LogP contribution in [-0.2, 0) is 0 Å². The third-order valence-corrected chi connectivity index (χ3v) is 3.48. The molecular weight excluding hydrogens is 203 g/mol. The number of piperazine rings is 1. The molecule has 1 rings (SSSR count). The van der Waals surface area contributed by atoms with Gasteiger partial charge in [0.1, 0.15) is 6.67 Å². The van der Waals surface area contributed by atoms with Crippen LogP contribution in [0.4, 0.5) is 4.39 Å². The number of rotatable bonds is 5. The quantitative estimate of drug-likeness (QED) is 0.779. The summed E-state index contributed by atoms with van der Waals surface area (Å²) in [5.41, 5.74) is 0. The first-order valence-electron chi connectivity index (χ1n) is 6.58. The van der Waals surface area contributed by atoms with E-state index in [1.54, 1.807) is 0 Å². The molecule has 3 heteroatoms. The molecule has 2 atom stereocenters. The van der Waals surface area contributed by atoms with Crippen LogP contribution in [0.3, 0.4) is 0 Å². The zero-order chi connectivity index (χ0) is 12.1. The molecule has 0 aromatic heterocycles. The van der Waals surface area contributed by atoms with Gasteiger partial charge in [-0.3, -0.25) is 4.90 Å². The molecule has 96 valence electrons. The van der Waals surface area contributed by atoms with Crippen molar-refractivity contribution < 1.29 is 4.39 Å². The highest BCUT2D eigenvalue weighted by Crippen LogP contribution is 2.18. The van der Waals surface area contributed by atoms with E-state index in [1.165, 1.54) is 0 Å². The van der Waals surface area contributed by atoms with Gasteiger partial charge in [-0.15, -0.1) is 0 Å². The summed E-state index contributed by atoms with van der Waals surface area (Å²) in [5, 5.41) is 3.60. The minimum absolute atomic E-state index is 0.223. The Morgan fingerprint density at radius 2 is 2.00 bits per heavy atom. The molecule has 0 amide bonds. The smallest absolute Gasteiger partial charge is 0.102 e. The van der Waals surface area contributed by atoms with Crippen molar-refractivity contribution in [3.05, 3.63) is 0 Å². The minimum Gasteiger partial charge on any atom is -0.311 e. The molecule has 1 aliphatic heterocycles. The Morgan fingerprint density at radius 1 is 1.31 bits per heavy atom. The maximum Gasteiger partial charge on any atom is 0.102 e. The Balaban J connectivity index is 2.52. The van der Waals surface area contributed by atoms with Crippen molar-refractivity contribution in [3.8, 4) is 0 Å². The van der Waals surface area contributed by atoms with Crippen molar-refractivity contribution in [2.45, 2.75) is 46.2 Å². The standard InChI is InChI=1S/C13H27FN2/c1-10(2)7-12-8-15-13(11(3)4)9-16(12)6-5-14/h10-13,15H,5-9H2,1-4H3. The topological polar surface area (TPSA) is 15.3 Å². The minimum atomic E-state index is -0.223. The highest BCUT2D eigenvalue weighted by molar-refractivity contribution is 4.87. The Morgan fingerprint density at radius 3 is 2.50 bits per heavy atom. The van der Waals surface area contributed by atoms with Gasteiger partial charge in [-0.2, -0.15) is 0 Å². The second-order valence-electron chi connectivity index (χ2n) is 5.73. The predicted octanol–water partition coefficient (Wildman–Crippen LogP) is 2.30. The molecule has 2 unspecified atom stereocenters. The van der Waals surface area contributed by atoms with E-state index in [0.29, 0.717) is 30.5 Å². The van der Waals surface area contributed by atoms with Crippen molar-refractivity contribution in [2.75, 3.05) is 26.3 Å². The van der Waals surface area contributed by atoms with Crippen molar-refractivity contribution >= 4 is 0 Å². The van der Waals surface area contributed by atoms with Crippen molar-refractivity contribution in [3.63, 3.8) is 0 Å². The number of hydrogen-bond acceptors (Lipinski definition) is 2. The average molecular weight is 230 g/mol. The monoisotopic (exact) mass is 230 g/mol. The lowest BCUT2D eigenvalue weighted by Crippen LogP contribution is -2.58. The summed E-state index contributed by atoms with van der Waals surface area (Å²) >= 11 is 0. The molecular formula is C13H27FN2. The van der Waals surface area contributed by atoms with Crippen LogP contribution in [0, 0.1) is 11.8 Å². The first-order valence-corrected chi connectivity index (χ1v) is 6.58. The lowest BCUT2D eigenvalue weighted by atomic mass is 9.95. The summed E-state index contributed by atoms with van der Waals surface area (Å²) in [6.45, 7) is 11.3. The van der Waals surface area contributed by atoms with Crippen LogP contribution < -0.4 is 5.32 Å². The molecule has 1 heterocycles. The number of nitrogens with zero attached hydrogens (tertiary/aromatic N) is 1. The fraction of sp³-hybridized carbons (Fsp3) is 1.00. The Kier molecular flexibility index (Phi) is 5.70. The van der Waals surface area contributed by atoms with E-state index in [-0.39, 0.29) is 6.67 Å². The molecule has 0 bridgehead atoms. The summed E-state index contributed by atoms with van der Waals surface area (Å²) in [6, 6.07) is 1.04. The maximum absolute atomic E-state index is 12.6. The summed E-state index contributed by atoms with van der Waals surface area (Å²) in [7, 11) is 0. The largest absolute Gasteiger partial charge is 0.311 e. The van der Waals surface area contributed by atoms with Crippen LogP contribution in [0.25, 0.3) is 0 Å². The van der Waals surface area contributed by atoms with Gasteiger partial charge in [0, 0.05) is 31.7 Å². The first kappa shape index (κ1) is 13.9. The number of nitrogens with one attached hydrogen (secondary N) is 1. The molecule has 0 aromatic rings. The van der Waals surface area contributed by atoms with E-state index in [9.17, 15) is 4.39 Å². The Labute approximate surface area is 99.6 Å². The van der Waals surface area contributed by atoms with Gasteiger partial charge in [-0.25, -0.2) is 4.39 Å². The Bertz CT molecular complexity index is 194. The van der Waals surface area contributed by atoms with Gasteiger partial charge in [-0.1, -0.05) is 27.7 Å². The second kappa shape index (κ2) is 6.55. The zero-order valence-electron chi connectivity index (χ0n) is 11.2. The molecule has 0 spiro atoms. The van der Waals surface area contributed by atoms with E-state index >= 15 is 0 Å². The molecule has 1 saturated heterocycles. The molecule has 1 fully saturated rings. The Hall–Kier alpha value is -0.150. The van der Waals surface area contributed by atoms with Crippen molar-refractivity contribution in [2.24, 2.45) is 11.8 Å². The SMILES string of the molecule is CC(C)CC1CNC(C(C)C)CN1CCF. The fourth-order valence-corrected chi connectivity index (χ4v) is 2.49. The molecule has 0 radical (unpaired) electrons. The van der Waals surface area contributed by atoms with E-state index < -0.39 is 0 Å². The molecule has 0 aromatic carbocycles.